The minimum atomic E-state index is -0.256. The SMILES string of the molecule is Cc1cc(C(=O)Nc2cccc(C)c2C(N)=S)c(C)nn1. The fraction of sp³-hybridized carbons (Fsp3) is 0.200. The monoisotopic (exact) mass is 300 g/mol. The number of nitrogens with one attached hydrogen (secondary N) is 1. The van der Waals surface area contributed by atoms with Crippen molar-refractivity contribution in [3.63, 3.8) is 0 Å². The first kappa shape index (κ1) is 15.1. The molecule has 108 valence electrons. The average molecular weight is 300 g/mol. The molecule has 0 fully saturated rings. The van der Waals surface area contributed by atoms with E-state index in [4.69, 9.17) is 18.0 Å². The normalized spacial score (nSPS) is 10.2. The number of aromatic nitrogens is 2. The van der Waals surface area contributed by atoms with Crippen LogP contribution < -0.4 is 11.1 Å². The number of nitrogens with zero attached hydrogens (tertiary/aromatic N) is 2. The predicted molar refractivity (Wildman–Crippen MR) is 86.5 cm³/mol. The van der Waals surface area contributed by atoms with Crippen molar-refractivity contribution in [1.29, 1.82) is 0 Å². The lowest BCUT2D eigenvalue weighted by Crippen LogP contribution is -2.20. The van der Waals surface area contributed by atoms with Crippen molar-refractivity contribution >= 4 is 28.8 Å². The third-order valence-corrected chi connectivity index (χ3v) is 3.32. The first-order valence-corrected chi connectivity index (χ1v) is 6.82. The van der Waals surface area contributed by atoms with Crippen molar-refractivity contribution < 1.29 is 4.79 Å². The Morgan fingerprint density at radius 1 is 1.24 bits per heavy atom. The van der Waals surface area contributed by atoms with E-state index in [0.29, 0.717) is 28.2 Å². The van der Waals surface area contributed by atoms with E-state index < -0.39 is 0 Å². The van der Waals surface area contributed by atoms with Crippen molar-refractivity contribution in [2.24, 2.45) is 5.73 Å². The van der Waals surface area contributed by atoms with Crippen LogP contribution in [0, 0.1) is 20.8 Å². The molecule has 21 heavy (non-hydrogen) atoms. The standard InChI is InChI=1S/C15H16N4OS/c1-8-5-4-6-12(13(8)14(16)21)17-15(20)11-7-9(2)18-19-10(11)3/h4-7H,1-3H3,(H2,16,21)(H,17,20). The predicted octanol–water partition coefficient (Wildman–Crippen LogP) is 2.29. The Kier molecular flexibility index (Phi) is 4.28. The van der Waals surface area contributed by atoms with Crippen LogP contribution in [0.3, 0.4) is 0 Å². The average Bonchev–Trinajstić information content (AvgIpc) is 2.41. The number of nitrogens with two attached hydrogens (primary N) is 1. The Balaban J connectivity index is 2.39. The van der Waals surface area contributed by atoms with E-state index in [2.05, 4.69) is 15.5 Å². The van der Waals surface area contributed by atoms with E-state index in [1.165, 1.54) is 0 Å². The van der Waals surface area contributed by atoms with Gasteiger partial charge in [-0.2, -0.15) is 10.2 Å². The molecule has 0 atom stereocenters. The molecule has 0 aliphatic heterocycles. The van der Waals surface area contributed by atoms with Gasteiger partial charge in [-0.15, -0.1) is 0 Å². The van der Waals surface area contributed by atoms with Crippen LogP contribution in [0.4, 0.5) is 5.69 Å². The van der Waals surface area contributed by atoms with Crippen LogP contribution in [-0.4, -0.2) is 21.1 Å². The van der Waals surface area contributed by atoms with Gasteiger partial charge in [0.2, 0.25) is 0 Å². The quantitative estimate of drug-likeness (QED) is 0.850. The molecule has 1 aromatic carbocycles. The number of amides is 1. The summed E-state index contributed by atoms with van der Waals surface area (Å²) in [5.41, 5.74) is 9.68. The smallest absolute Gasteiger partial charge is 0.257 e. The molecule has 0 spiro atoms. The maximum Gasteiger partial charge on any atom is 0.257 e. The molecule has 0 bridgehead atoms. The number of hydrogen-bond acceptors (Lipinski definition) is 4. The van der Waals surface area contributed by atoms with Crippen LogP contribution in [0.1, 0.15) is 32.9 Å². The zero-order valence-corrected chi connectivity index (χ0v) is 12.9. The Morgan fingerprint density at radius 2 is 1.95 bits per heavy atom. The van der Waals surface area contributed by atoms with E-state index in [1.807, 2.05) is 19.1 Å². The molecule has 2 aromatic rings. The van der Waals surface area contributed by atoms with E-state index in [0.717, 1.165) is 5.56 Å². The summed E-state index contributed by atoms with van der Waals surface area (Å²) in [6.07, 6.45) is 0. The van der Waals surface area contributed by atoms with Gasteiger partial charge < -0.3 is 11.1 Å². The van der Waals surface area contributed by atoms with Gasteiger partial charge in [0, 0.05) is 5.56 Å². The van der Waals surface area contributed by atoms with Gasteiger partial charge in [-0.1, -0.05) is 24.4 Å². The van der Waals surface area contributed by atoms with Crippen LogP contribution in [0.25, 0.3) is 0 Å². The van der Waals surface area contributed by atoms with Crippen molar-refractivity contribution in [3.05, 3.63) is 52.3 Å². The lowest BCUT2D eigenvalue weighted by Gasteiger charge is -2.13. The fourth-order valence-corrected chi connectivity index (χ4v) is 2.34. The zero-order chi connectivity index (χ0) is 15.6. The minimum Gasteiger partial charge on any atom is -0.389 e. The van der Waals surface area contributed by atoms with Crippen LogP contribution >= 0.6 is 12.2 Å². The highest BCUT2D eigenvalue weighted by atomic mass is 32.1. The number of benzene rings is 1. The number of anilines is 1. The van der Waals surface area contributed by atoms with Crippen LogP contribution in [0.15, 0.2) is 24.3 Å². The molecule has 0 aliphatic rings. The van der Waals surface area contributed by atoms with Crippen molar-refractivity contribution in [2.45, 2.75) is 20.8 Å². The molecule has 2 rings (SSSR count). The van der Waals surface area contributed by atoms with Gasteiger partial charge in [0.25, 0.3) is 5.91 Å². The van der Waals surface area contributed by atoms with Gasteiger partial charge in [-0.3, -0.25) is 4.79 Å². The Labute approximate surface area is 128 Å². The third-order valence-electron chi connectivity index (χ3n) is 3.11. The molecule has 0 saturated carbocycles. The van der Waals surface area contributed by atoms with Crippen LogP contribution in [0.2, 0.25) is 0 Å². The summed E-state index contributed by atoms with van der Waals surface area (Å²) in [6, 6.07) is 7.22. The molecule has 1 amide bonds. The van der Waals surface area contributed by atoms with Gasteiger partial charge in [-0.25, -0.2) is 0 Å². The Hall–Kier alpha value is -2.34. The van der Waals surface area contributed by atoms with E-state index >= 15 is 0 Å². The zero-order valence-electron chi connectivity index (χ0n) is 12.1. The van der Waals surface area contributed by atoms with E-state index in [-0.39, 0.29) is 10.9 Å². The second-order valence-electron chi connectivity index (χ2n) is 4.80. The molecule has 0 unspecified atom stereocenters. The maximum atomic E-state index is 12.4. The molecule has 5 nitrogen and oxygen atoms in total. The number of carbonyl (C=O) groups excluding carboxylic acids is 1. The molecule has 6 heteroatoms. The van der Waals surface area contributed by atoms with Gasteiger partial charge in [0.15, 0.2) is 0 Å². The largest absolute Gasteiger partial charge is 0.389 e. The summed E-state index contributed by atoms with van der Waals surface area (Å²) in [7, 11) is 0. The molecular weight excluding hydrogens is 284 g/mol. The summed E-state index contributed by atoms with van der Waals surface area (Å²) in [5, 5.41) is 10.7. The summed E-state index contributed by atoms with van der Waals surface area (Å²) < 4.78 is 0. The highest BCUT2D eigenvalue weighted by molar-refractivity contribution is 7.80. The second-order valence-corrected chi connectivity index (χ2v) is 5.24. The van der Waals surface area contributed by atoms with Gasteiger partial charge in [0.1, 0.15) is 4.99 Å². The fourth-order valence-electron chi connectivity index (χ4n) is 2.07. The van der Waals surface area contributed by atoms with E-state index in [1.54, 1.807) is 26.0 Å². The highest BCUT2D eigenvalue weighted by Crippen LogP contribution is 2.20. The maximum absolute atomic E-state index is 12.4. The first-order valence-electron chi connectivity index (χ1n) is 6.42. The first-order chi connectivity index (χ1) is 9.90. The van der Waals surface area contributed by atoms with Gasteiger partial charge in [0.05, 0.1) is 22.6 Å². The lowest BCUT2D eigenvalue weighted by molar-refractivity contribution is 0.102. The molecule has 1 heterocycles. The van der Waals surface area contributed by atoms with Gasteiger partial charge in [-0.05, 0) is 38.5 Å². The molecule has 3 N–H and O–H groups in total. The van der Waals surface area contributed by atoms with Crippen LogP contribution in [0.5, 0.6) is 0 Å². The number of hydrogen-bond donors (Lipinski definition) is 2. The number of aryl methyl sites for hydroxylation is 3. The minimum absolute atomic E-state index is 0.254. The third kappa shape index (κ3) is 3.22. The Morgan fingerprint density at radius 3 is 2.62 bits per heavy atom. The summed E-state index contributed by atoms with van der Waals surface area (Å²) >= 11 is 5.06. The van der Waals surface area contributed by atoms with Crippen molar-refractivity contribution in [2.75, 3.05) is 5.32 Å². The molecule has 0 saturated heterocycles. The highest BCUT2D eigenvalue weighted by Gasteiger charge is 2.15. The lowest BCUT2D eigenvalue weighted by atomic mass is 10.1. The van der Waals surface area contributed by atoms with Crippen molar-refractivity contribution in [3.8, 4) is 0 Å². The second kappa shape index (κ2) is 5.97. The Bertz CT molecular complexity index is 728. The summed E-state index contributed by atoms with van der Waals surface area (Å²) in [5.74, 6) is -0.256. The van der Waals surface area contributed by atoms with Gasteiger partial charge >= 0.3 is 0 Å². The summed E-state index contributed by atoms with van der Waals surface area (Å²) in [4.78, 5) is 12.7. The molecule has 1 aromatic heterocycles. The molecule has 0 aliphatic carbocycles. The molecular formula is C15H16N4OS. The number of carbonyl (C=O) groups is 1. The number of thiocarbonyl (C=S) groups is 1. The van der Waals surface area contributed by atoms with Crippen molar-refractivity contribution in [1.82, 2.24) is 10.2 Å². The van der Waals surface area contributed by atoms with E-state index in [9.17, 15) is 4.79 Å². The molecule has 0 radical (unpaired) electrons. The summed E-state index contributed by atoms with van der Waals surface area (Å²) in [6.45, 7) is 5.43. The number of rotatable bonds is 3. The van der Waals surface area contributed by atoms with Crippen LogP contribution in [-0.2, 0) is 0 Å². The topological polar surface area (TPSA) is 80.9 Å².